The van der Waals surface area contributed by atoms with Crippen LogP contribution in [0.3, 0.4) is 0 Å². The molecule has 0 radical (unpaired) electrons. The third-order valence-electron chi connectivity index (χ3n) is 2.64. The van der Waals surface area contributed by atoms with Crippen LogP contribution in [0.1, 0.15) is 31.9 Å². The molecule has 0 atom stereocenters. The predicted octanol–water partition coefficient (Wildman–Crippen LogP) is 3.18. The van der Waals surface area contributed by atoms with Gasteiger partial charge in [-0.3, -0.25) is 4.90 Å². The summed E-state index contributed by atoms with van der Waals surface area (Å²) in [5.74, 6) is 0.323. The van der Waals surface area contributed by atoms with Gasteiger partial charge >= 0.3 is 0 Å². The van der Waals surface area contributed by atoms with Crippen LogP contribution in [-0.2, 0) is 6.54 Å². The fourth-order valence-corrected chi connectivity index (χ4v) is 1.83. The highest BCUT2D eigenvalue weighted by Crippen LogP contribution is 2.13. The molecule has 0 saturated carbocycles. The predicted molar refractivity (Wildman–Crippen MR) is 66.9 cm³/mol. The second-order valence-corrected chi connectivity index (χ2v) is 4.64. The Labute approximate surface area is 103 Å². The highest BCUT2D eigenvalue weighted by Gasteiger charge is 2.10. The molecule has 3 heteroatoms. The quantitative estimate of drug-likeness (QED) is 0.782. The van der Waals surface area contributed by atoms with E-state index in [1.54, 1.807) is 6.07 Å². The SMILES string of the molecule is CCN(Cc1cc(C#N)ccc1F)CC(C)C. The smallest absolute Gasteiger partial charge is 0.127 e. The number of rotatable bonds is 5. The van der Waals surface area contributed by atoms with E-state index in [1.165, 1.54) is 12.1 Å². The lowest BCUT2D eigenvalue weighted by molar-refractivity contribution is 0.245. The maximum Gasteiger partial charge on any atom is 0.127 e. The van der Waals surface area contributed by atoms with Gasteiger partial charge in [0.25, 0.3) is 0 Å². The van der Waals surface area contributed by atoms with Crippen LogP contribution in [0.25, 0.3) is 0 Å². The zero-order chi connectivity index (χ0) is 12.8. The van der Waals surface area contributed by atoms with Crippen molar-refractivity contribution in [3.63, 3.8) is 0 Å². The molecule has 2 nitrogen and oxygen atoms in total. The third kappa shape index (κ3) is 4.16. The van der Waals surface area contributed by atoms with E-state index in [2.05, 4.69) is 25.7 Å². The zero-order valence-electron chi connectivity index (χ0n) is 10.7. The van der Waals surface area contributed by atoms with E-state index in [4.69, 9.17) is 5.26 Å². The number of hydrogen-bond acceptors (Lipinski definition) is 2. The molecule has 0 aliphatic rings. The summed E-state index contributed by atoms with van der Waals surface area (Å²) in [7, 11) is 0. The molecule has 0 heterocycles. The molecular weight excluding hydrogens is 215 g/mol. The van der Waals surface area contributed by atoms with Gasteiger partial charge in [0, 0.05) is 18.7 Å². The Morgan fingerprint density at radius 2 is 2.12 bits per heavy atom. The normalized spacial score (nSPS) is 10.9. The molecule has 92 valence electrons. The van der Waals surface area contributed by atoms with Gasteiger partial charge in [-0.1, -0.05) is 20.8 Å². The maximum absolute atomic E-state index is 13.6. The van der Waals surface area contributed by atoms with Crippen LogP contribution in [0.5, 0.6) is 0 Å². The average molecular weight is 234 g/mol. The molecule has 17 heavy (non-hydrogen) atoms. The van der Waals surface area contributed by atoms with E-state index in [0.29, 0.717) is 23.6 Å². The van der Waals surface area contributed by atoms with Crippen molar-refractivity contribution in [1.29, 1.82) is 5.26 Å². The lowest BCUT2D eigenvalue weighted by atomic mass is 10.1. The Bertz CT molecular complexity index is 407. The van der Waals surface area contributed by atoms with E-state index in [1.807, 2.05) is 6.07 Å². The van der Waals surface area contributed by atoms with Crippen molar-refractivity contribution in [3.8, 4) is 6.07 Å². The van der Waals surface area contributed by atoms with E-state index in [0.717, 1.165) is 13.1 Å². The van der Waals surface area contributed by atoms with Crippen LogP contribution >= 0.6 is 0 Å². The van der Waals surface area contributed by atoms with Gasteiger partial charge in [-0.05, 0) is 30.7 Å². The van der Waals surface area contributed by atoms with E-state index < -0.39 is 0 Å². The number of halogens is 1. The van der Waals surface area contributed by atoms with Gasteiger partial charge < -0.3 is 0 Å². The minimum absolute atomic E-state index is 0.230. The van der Waals surface area contributed by atoms with Gasteiger partial charge in [-0.15, -0.1) is 0 Å². The minimum Gasteiger partial charge on any atom is -0.299 e. The first kappa shape index (κ1) is 13.7. The van der Waals surface area contributed by atoms with Crippen molar-refractivity contribution >= 4 is 0 Å². The molecule has 0 aliphatic heterocycles. The molecule has 1 aromatic carbocycles. The highest BCUT2D eigenvalue weighted by molar-refractivity contribution is 5.33. The number of benzene rings is 1. The molecule has 0 aromatic heterocycles. The summed E-state index contributed by atoms with van der Waals surface area (Å²) in [4.78, 5) is 2.18. The lowest BCUT2D eigenvalue weighted by Crippen LogP contribution is -2.27. The zero-order valence-corrected chi connectivity index (χ0v) is 10.7. The minimum atomic E-state index is -0.230. The molecule has 0 spiro atoms. The van der Waals surface area contributed by atoms with E-state index >= 15 is 0 Å². The van der Waals surface area contributed by atoms with E-state index in [9.17, 15) is 4.39 Å². The Morgan fingerprint density at radius 1 is 1.41 bits per heavy atom. The molecule has 0 unspecified atom stereocenters. The second-order valence-electron chi connectivity index (χ2n) is 4.64. The largest absolute Gasteiger partial charge is 0.299 e. The van der Waals surface area contributed by atoms with Crippen LogP contribution in [0.2, 0.25) is 0 Å². The van der Waals surface area contributed by atoms with Gasteiger partial charge in [-0.2, -0.15) is 5.26 Å². The van der Waals surface area contributed by atoms with Crippen molar-refractivity contribution in [2.45, 2.75) is 27.3 Å². The molecule has 1 aromatic rings. The van der Waals surface area contributed by atoms with Crippen LogP contribution in [-0.4, -0.2) is 18.0 Å². The summed E-state index contributed by atoms with van der Waals surface area (Å²) < 4.78 is 13.6. The maximum atomic E-state index is 13.6. The molecule has 0 aliphatic carbocycles. The molecule has 0 N–H and O–H groups in total. The Balaban J connectivity index is 2.82. The van der Waals surface area contributed by atoms with Crippen molar-refractivity contribution in [1.82, 2.24) is 4.90 Å². The van der Waals surface area contributed by atoms with Crippen LogP contribution in [0, 0.1) is 23.1 Å². The topological polar surface area (TPSA) is 27.0 Å². The Morgan fingerprint density at radius 3 is 2.65 bits per heavy atom. The van der Waals surface area contributed by atoms with Crippen LogP contribution in [0.15, 0.2) is 18.2 Å². The molecular formula is C14H19FN2. The summed E-state index contributed by atoms with van der Waals surface area (Å²) in [6.45, 7) is 8.74. The van der Waals surface area contributed by atoms with Gasteiger partial charge in [-0.25, -0.2) is 4.39 Å². The monoisotopic (exact) mass is 234 g/mol. The number of hydrogen-bond donors (Lipinski definition) is 0. The van der Waals surface area contributed by atoms with Gasteiger partial charge in [0.2, 0.25) is 0 Å². The van der Waals surface area contributed by atoms with Crippen LogP contribution in [0.4, 0.5) is 4.39 Å². The molecule has 0 bridgehead atoms. The summed E-state index contributed by atoms with van der Waals surface area (Å²) in [5, 5.41) is 8.80. The first-order valence-corrected chi connectivity index (χ1v) is 5.97. The summed E-state index contributed by atoms with van der Waals surface area (Å²) in [6, 6.07) is 6.56. The Kier molecular flexibility index (Phi) is 5.11. The summed E-state index contributed by atoms with van der Waals surface area (Å²) in [5.41, 5.74) is 1.12. The van der Waals surface area contributed by atoms with Crippen molar-refractivity contribution < 1.29 is 4.39 Å². The second kappa shape index (κ2) is 6.36. The Hall–Kier alpha value is -1.40. The summed E-state index contributed by atoms with van der Waals surface area (Å²) >= 11 is 0. The fraction of sp³-hybridized carbons (Fsp3) is 0.500. The van der Waals surface area contributed by atoms with Crippen molar-refractivity contribution in [2.75, 3.05) is 13.1 Å². The van der Waals surface area contributed by atoms with Gasteiger partial charge in [0.05, 0.1) is 11.6 Å². The van der Waals surface area contributed by atoms with Crippen LogP contribution < -0.4 is 0 Å². The molecule has 0 amide bonds. The third-order valence-corrected chi connectivity index (χ3v) is 2.64. The number of nitrogens with zero attached hydrogens (tertiary/aromatic N) is 2. The molecule has 1 rings (SSSR count). The van der Waals surface area contributed by atoms with E-state index in [-0.39, 0.29) is 5.82 Å². The molecule has 0 fully saturated rings. The van der Waals surface area contributed by atoms with Crippen molar-refractivity contribution in [3.05, 3.63) is 35.1 Å². The summed E-state index contributed by atoms with van der Waals surface area (Å²) in [6.07, 6.45) is 0. The van der Waals surface area contributed by atoms with Crippen molar-refractivity contribution in [2.24, 2.45) is 5.92 Å². The standard InChI is InChI=1S/C14H19FN2/c1-4-17(9-11(2)3)10-13-7-12(8-16)5-6-14(13)15/h5-7,11H,4,9-10H2,1-3H3. The molecule has 0 saturated heterocycles. The van der Waals surface area contributed by atoms with Gasteiger partial charge in [0.15, 0.2) is 0 Å². The average Bonchev–Trinajstić information content (AvgIpc) is 2.30. The fourth-order valence-electron chi connectivity index (χ4n) is 1.83. The first-order chi connectivity index (χ1) is 8.06. The van der Waals surface area contributed by atoms with Gasteiger partial charge in [0.1, 0.15) is 5.82 Å². The first-order valence-electron chi connectivity index (χ1n) is 5.97. The highest BCUT2D eigenvalue weighted by atomic mass is 19.1. The number of nitriles is 1. The lowest BCUT2D eigenvalue weighted by Gasteiger charge is -2.22.